The molecule has 0 aliphatic heterocycles. The van der Waals surface area contributed by atoms with Crippen molar-refractivity contribution in [2.75, 3.05) is 29.9 Å². The highest BCUT2D eigenvalue weighted by Crippen LogP contribution is 2.21. The van der Waals surface area contributed by atoms with Crippen molar-refractivity contribution in [1.82, 2.24) is 0 Å². The van der Waals surface area contributed by atoms with Gasteiger partial charge >= 0.3 is 0 Å². The van der Waals surface area contributed by atoms with Gasteiger partial charge in [0.05, 0.1) is 0 Å². The van der Waals surface area contributed by atoms with Gasteiger partial charge in [-0.15, -0.1) is 0 Å². The highest BCUT2D eigenvalue weighted by atomic mass is 32.1. The lowest BCUT2D eigenvalue weighted by Gasteiger charge is -2.25. The summed E-state index contributed by atoms with van der Waals surface area (Å²) in [4.78, 5) is 25.1. The Morgan fingerprint density at radius 1 is 1.16 bits per heavy atom. The summed E-state index contributed by atoms with van der Waals surface area (Å²) < 4.78 is -0.00277. The van der Waals surface area contributed by atoms with Crippen LogP contribution in [-0.4, -0.2) is 24.4 Å². The van der Waals surface area contributed by atoms with E-state index in [4.69, 9.17) is 0 Å². The summed E-state index contributed by atoms with van der Waals surface area (Å²) in [6, 6.07) is 0. The van der Waals surface area contributed by atoms with Gasteiger partial charge in [0, 0.05) is 24.4 Å². The van der Waals surface area contributed by atoms with E-state index >= 15 is 0 Å². The smallest absolute Gasteiger partial charge is 0.253 e. The molecule has 0 atom stereocenters. The number of hydrogen-bond donors (Lipinski definition) is 2. The number of thiol groups is 1. The Kier molecular flexibility index (Phi) is 5.47. The van der Waals surface area contributed by atoms with Gasteiger partial charge in [-0.1, -0.05) is 13.8 Å². The summed E-state index contributed by atoms with van der Waals surface area (Å²) in [5.74, 6) is 0. The van der Waals surface area contributed by atoms with Crippen molar-refractivity contribution in [1.29, 1.82) is 0 Å². The summed E-state index contributed by atoms with van der Waals surface area (Å²) in [6.45, 7) is 10.3. The fraction of sp³-hybridized carbons (Fsp3) is 0.714. The molecule has 1 rings (SSSR count). The molecular formula is C14H24N2O2S. The molecule has 0 radical (unpaired) electrons. The van der Waals surface area contributed by atoms with E-state index in [1.54, 1.807) is 0 Å². The first kappa shape index (κ1) is 16.1. The second-order valence-corrected chi connectivity index (χ2v) is 6.61. The van der Waals surface area contributed by atoms with Crippen LogP contribution in [0.25, 0.3) is 0 Å². The quantitative estimate of drug-likeness (QED) is 0.436. The zero-order valence-corrected chi connectivity index (χ0v) is 13.1. The van der Waals surface area contributed by atoms with Crippen molar-refractivity contribution in [2.24, 2.45) is 0 Å². The van der Waals surface area contributed by atoms with Gasteiger partial charge in [-0.25, -0.2) is 0 Å². The first-order chi connectivity index (χ1) is 8.81. The number of nitrogens with zero attached hydrogens (tertiary/aromatic N) is 1. The molecule has 0 aliphatic rings. The molecule has 0 unspecified atom stereocenters. The molecule has 0 saturated heterocycles. The van der Waals surface area contributed by atoms with Crippen LogP contribution in [0.15, 0.2) is 9.59 Å². The highest BCUT2D eigenvalue weighted by molar-refractivity contribution is 7.81. The summed E-state index contributed by atoms with van der Waals surface area (Å²) in [6.07, 6.45) is 1.88. The molecule has 5 heteroatoms. The Morgan fingerprint density at radius 3 is 2.21 bits per heavy atom. The lowest BCUT2D eigenvalue weighted by molar-refractivity contribution is 0.619. The molecule has 1 aromatic rings. The summed E-state index contributed by atoms with van der Waals surface area (Å²) in [7, 11) is 0. The van der Waals surface area contributed by atoms with Crippen molar-refractivity contribution in [3.8, 4) is 0 Å². The Hall–Kier alpha value is -0.970. The van der Waals surface area contributed by atoms with Gasteiger partial charge in [-0.2, -0.15) is 12.6 Å². The van der Waals surface area contributed by atoms with Gasteiger partial charge < -0.3 is 10.2 Å². The minimum absolute atomic E-state index is 0.00277. The van der Waals surface area contributed by atoms with Gasteiger partial charge in [0.15, 0.2) is 0 Å². The van der Waals surface area contributed by atoms with Crippen LogP contribution in [0.3, 0.4) is 0 Å². The third-order valence-electron chi connectivity index (χ3n) is 3.23. The topological polar surface area (TPSA) is 49.4 Å². The molecule has 0 saturated carbocycles. The lowest BCUT2D eigenvalue weighted by Crippen LogP contribution is -2.42. The van der Waals surface area contributed by atoms with Gasteiger partial charge in [-0.3, -0.25) is 9.59 Å². The third-order valence-corrected chi connectivity index (χ3v) is 3.46. The van der Waals surface area contributed by atoms with Crippen molar-refractivity contribution < 1.29 is 0 Å². The van der Waals surface area contributed by atoms with Gasteiger partial charge in [0.1, 0.15) is 11.4 Å². The first-order valence-corrected chi connectivity index (χ1v) is 7.31. The molecule has 0 aliphatic carbocycles. The van der Waals surface area contributed by atoms with Gasteiger partial charge in [-0.05, 0) is 26.7 Å². The second-order valence-electron chi connectivity index (χ2n) is 5.40. The van der Waals surface area contributed by atoms with E-state index in [0.717, 1.165) is 25.9 Å². The van der Waals surface area contributed by atoms with Crippen molar-refractivity contribution >= 4 is 24.0 Å². The molecule has 0 bridgehead atoms. The Bertz CT molecular complexity index is 480. The fourth-order valence-corrected chi connectivity index (χ4v) is 2.28. The van der Waals surface area contributed by atoms with Crippen molar-refractivity contribution in [3.63, 3.8) is 0 Å². The summed E-state index contributed by atoms with van der Waals surface area (Å²) in [5, 5.41) is 3.10. The monoisotopic (exact) mass is 284 g/mol. The second kappa shape index (κ2) is 6.46. The SMILES string of the molecule is CCN(CC)c1c(NCCCC(C)(C)S)c(=O)c1=O. The lowest BCUT2D eigenvalue weighted by atomic mass is 10.1. The minimum Gasteiger partial charge on any atom is -0.380 e. The van der Waals surface area contributed by atoms with Crippen LogP contribution in [0.2, 0.25) is 0 Å². The zero-order valence-electron chi connectivity index (χ0n) is 12.2. The Balaban J connectivity index is 2.62. The van der Waals surface area contributed by atoms with Gasteiger partial charge in [0.2, 0.25) is 0 Å². The Morgan fingerprint density at radius 2 is 1.74 bits per heavy atom. The molecule has 0 aromatic heterocycles. The predicted molar refractivity (Wildman–Crippen MR) is 85.7 cm³/mol. The molecule has 0 spiro atoms. The van der Waals surface area contributed by atoms with E-state index in [9.17, 15) is 9.59 Å². The number of hydrogen-bond acceptors (Lipinski definition) is 5. The number of nitrogens with one attached hydrogen (secondary N) is 1. The molecule has 108 valence electrons. The molecule has 0 amide bonds. The van der Waals surface area contributed by atoms with Crippen LogP contribution in [0, 0.1) is 0 Å². The van der Waals surface area contributed by atoms with E-state index in [1.807, 2.05) is 18.7 Å². The van der Waals surface area contributed by atoms with Crippen LogP contribution in [0.5, 0.6) is 0 Å². The number of rotatable bonds is 8. The average molecular weight is 284 g/mol. The van der Waals surface area contributed by atoms with Crippen LogP contribution >= 0.6 is 12.6 Å². The molecule has 0 heterocycles. The standard InChI is InChI=1S/C14H24N2O2S/c1-5-16(6-2)11-10(12(17)13(11)18)15-9-7-8-14(3,4)19/h15,19H,5-9H2,1-4H3. The van der Waals surface area contributed by atoms with E-state index in [2.05, 4.69) is 31.8 Å². The predicted octanol–water partition coefficient (Wildman–Crippen LogP) is 2.03. The highest BCUT2D eigenvalue weighted by Gasteiger charge is 2.24. The van der Waals surface area contributed by atoms with E-state index < -0.39 is 0 Å². The largest absolute Gasteiger partial charge is 0.380 e. The third kappa shape index (κ3) is 4.00. The Labute approximate surface area is 120 Å². The normalized spacial score (nSPS) is 11.8. The first-order valence-electron chi connectivity index (χ1n) is 6.86. The molecule has 19 heavy (non-hydrogen) atoms. The van der Waals surface area contributed by atoms with Crippen LogP contribution in [0.1, 0.15) is 40.5 Å². The van der Waals surface area contributed by atoms with Crippen LogP contribution < -0.4 is 21.1 Å². The van der Waals surface area contributed by atoms with Crippen molar-refractivity contribution in [2.45, 2.75) is 45.3 Å². The molecule has 4 nitrogen and oxygen atoms in total. The van der Waals surface area contributed by atoms with Crippen molar-refractivity contribution in [3.05, 3.63) is 20.4 Å². The van der Waals surface area contributed by atoms with E-state index in [0.29, 0.717) is 17.9 Å². The molecule has 1 aromatic carbocycles. The summed E-state index contributed by atoms with van der Waals surface area (Å²) >= 11 is 4.46. The number of anilines is 2. The maximum Gasteiger partial charge on any atom is 0.253 e. The molecule has 1 N–H and O–H groups in total. The van der Waals surface area contributed by atoms with E-state index in [-0.39, 0.29) is 15.6 Å². The van der Waals surface area contributed by atoms with E-state index in [1.165, 1.54) is 0 Å². The maximum absolute atomic E-state index is 11.6. The van der Waals surface area contributed by atoms with Crippen LogP contribution in [0.4, 0.5) is 11.4 Å². The summed E-state index contributed by atoms with van der Waals surface area (Å²) in [5.41, 5.74) is 0.304. The van der Waals surface area contributed by atoms with Gasteiger partial charge in [0.25, 0.3) is 10.9 Å². The maximum atomic E-state index is 11.6. The van der Waals surface area contributed by atoms with Crippen LogP contribution in [-0.2, 0) is 0 Å². The minimum atomic E-state index is -0.382. The molecule has 0 fully saturated rings. The fourth-order valence-electron chi connectivity index (χ4n) is 2.12. The average Bonchev–Trinajstić information content (AvgIpc) is 2.35. The zero-order chi connectivity index (χ0) is 14.6. The molecular weight excluding hydrogens is 260 g/mol.